The van der Waals surface area contributed by atoms with Crippen LogP contribution in [0.4, 0.5) is 5.82 Å². The van der Waals surface area contributed by atoms with Crippen molar-refractivity contribution in [2.45, 2.75) is 53.0 Å². The van der Waals surface area contributed by atoms with E-state index < -0.39 is 0 Å². The summed E-state index contributed by atoms with van der Waals surface area (Å²) in [6, 6.07) is 4.84. The fourth-order valence-corrected chi connectivity index (χ4v) is 4.89. The van der Waals surface area contributed by atoms with Crippen LogP contribution in [-0.2, 0) is 0 Å². The molecule has 1 aliphatic heterocycles. The number of H-pyrrole nitrogens is 1. The van der Waals surface area contributed by atoms with Gasteiger partial charge in [-0.3, -0.25) is 0 Å². The number of nitrogens with one attached hydrogen (secondary N) is 2. The Morgan fingerprint density at radius 3 is 2.81 bits per heavy atom. The highest BCUT2D eigenvalue weighted by Crippen LogP contribution is 2.38. The van der Waals surface area contributed by atoms with Gasteiger partial charge in [-0.1, -0.05) is 20.8 Å². The van der Waals surface area contributed by atoms with Crippen LogP contribution in [0.15, 0.2) is 24.7 Å². The molecular weight excluding hydrogens is 386 g/mol. The van der Waals surface area contributed by atoms with Crippen molar-refractivity contribution >= 4 is 22.5 Å². The Hall–Kier alpha value is -2.93. The molecule has 1 atom stereocenters. The Kier molecular flexibility index (Phi) is 4.93. The number of piperazine rings is 1. The number of nitrogens with zero attached hydrogens (tertiary/aromatic N) is 5. The number of rotatable bonds is 4. The summed E-state index contributed by atoms with van der Waals surface area (Å²) in [7, 11) is 0. The van der Waals surface area contributed by atoms with Gasteiger partial charge >= 0.3 is 0 Å². The molecule has 5 heterocycles. The number of aromatic amines is 1. The van der Waals surface area contributed by atoms with Gasteiger partial charge in [-0.05, 0) is 49.4 Å². The number of aryl methyl sites for hydroxylation is 1. The molecule has 1 aliphatic rings. The van der Waals surface area contributed by atoms with E-state index in [4.69, 9.17) is 4.98 Å². The van der Waals surface area contributed by atoms with E-state index >= 15 is 0 Å². The average molecular weight is 418 g/mol. The molecule has 7 heteroatoms. The molecular formula is C24H31N7. The van der Waals surface area contributed by atoms with Crippen molar-refractivity contribution in [3.05, 3.63) is 41.3 Å². The average Bonchev–Trinajstić information content (AvgIpc) is 3.40. The predicted octanol–water partition coefficient (Wildman–Crippen LogP) is 4.20. The first-order valence-electron chi connectivity index (χ1n) is 11.3. The van der Waals surface area contributed by atoms with Gasteiger partial charge in [0, 0.05) is 43.0 Å². The lowest BCUT2D eigenvalue weighted by Gasteiger charge is -2.36. The summed E-state index contributed by atoms with van der Waals surface area (Å²) in [5, 5.41) is 7.90. The van der Waals surface area contributed by atoms with E-state index in [-0.39, 0.29) is 0 Å². The quantitative estimate of drug-likeness (QED) is 0.521. The van der Waals surface area contributed by atoms with Crippen molar-refractivity contribution in [3.63, 3.8) is 0 Å². The zero-order chi connectivity index (χ0) is 21.7. The molecule has 31 heavy (non-hydrogen) atoms. The van der Waals surface area contributed by atoms with E-state index in [9.17, 15) is 0 Å². The van der Waals surface area contributed by atoms with E-state index in [2.05, 4.69) is 78.2 Å². The van der Waals surface area contributed by atoms with Crippen molar-refractivity contribution < 1.29 is 0 Å². The minimum Gasteiger partial charge on any atom is -0.353 e. The summed E-state index contributed by atoms with van der Waals surface area (Å²) in [6.45, 7) is 14.0. The van der Waals surface area contributed by atoms with Crippen molar-refractivity contribution in [1.82, 2.24) is 29.9 Å². The first kappa shape index (κ1) is 20.0. The first-order valence-corrected chi connectivity index (χ1v) is 11.3. The minimum atomic E-state index is 0.336. The van der Waals surface area contributed by atoms with Gasteiger partial charge < -0.3 is 15.2 Å². The molecule has 5 rings (SSSR count). The van der Waals surface area contributed by atoms with E-state index in [1.54, 1.807) is 6.33 Å². The summed E-state index contributed by atoms with van der Waals surface area (Å²) in [5.74, 6) is 1.41. The highest BCUT2D eigenvalue weighted by Gasteiger charge is 2.25. The van der Waals surface area contributed by atoms with Gasteiger partial charge in [-0.2, -0.15) is 5.10 Å². The van der Waals surface area contributed by atoms with Gasteiger partial charge in [0.15, 0.2) is 5.65 Å². The number of anilines is 1. The number of aromatic nitrogens is 5. The zero-order valence-corrected chi connectivity index (χ0v) is 19.0. The molecule has 7 nitrogen and oxygen atoms in total. The molecule has 0 radical (unpaired) electrons. The minimum absolute atomic E-state index is 0.336. The molecule has 0 saturated carbocycles. The molecule has 0 amide bonds. The topological polar surface area (TPSA) is 74.1 Å². The third-order valence-electron chi connectivity index (χ3n) is 6.75. The molecule has 4 aromatic rings. The maximum absolute atomic E-state index is 5.20. The Labute approximate surface area is 182 Å². The normalized spacial score (nSPS) is 17.4. The van der Waals surface area contributed by atoms with Crippen molar-refractivity contribution in [2.24, 2.45) is 0 Å². The summed E-state index contributed by atoms with van der Waals surface area (Å²) in [4.78, 5) is 15.8. The lowest BCUT2D eigenvalue weighted by molar-refractivity contribution is 0.463. The predicted molar refractivity (Wildman–Crippen MR) is 126 cm³/mol. The van der Waals surface area contributed by atoms with Crippen LogP contribution in [0.25, 0.3) is 27.9 Å². The van der Waals surface area contributed by atoms with E-state index in [1.165, 1.54) is 11.1 Å². The number of fused-ring (bicyclic) bond motifs is 2. The van der Waals surface area contributed by atoms with Gasteiger partial charge in [0.05, 0.1) is 16.7 Å². The summed E-state index contributed by atoms with van der Waals surface area (Å²) in [5.41, 5.74) is 9.02. The second kappa shape index (κ2) is 7.64. The Morgan fingerprint density at radius 1 is 1.19 bits per heavy atom. The van der Waals surface area contributed by atoms with Crippen LogP contribution >= 0.6 is 0 Å². The lowest BCUT2D eigenvalue weighted by Crippen LogP contribution is -2.51. The van der Waals surface area contributed by atoms with E-state index in [1.807, 2.05) is 4.52 Å². The Morgan fingerprint density at radius 2 is 2.03 bits per heavy atom. The Bertz CT molecular complexity index is 1250. The van der Waals surface area contributed by atoms with E-state index in [0.29, 0.717) is 12.0 Å². The van der Waals surface area contributed by atoms with Crippen LogP contribution < -0.4 is 10.2 Å². The van der Waals surface area contributed by atoms with Crippen LogP contribution in [0.5, 0.6) is 0 Å². The maximum Gasteiger partial charge on any atom is 0.158 e. The number of pyridine rings is 2. The molecule has 162 valence electrons. The van der Waals surface area contributed by atoms with Gasteiger partial charge in [-0.25, -0.2) is 14.5 Å². The highest BCUT2D eigenvalue weighted by molar-refractivity contribution is 5.90. The smallest absolute Gasteiger partial charge is 0.158 e. The van der Waals surface area contributed by atoms with Crippen LogP contribution in [0.2, 0.25) is 0 Å². The summed E-state index contributed by atoms with van der Waals surface area (Å²) >= 11 is 0. The molecule has 0 unspecified atom stereocenters. The van der Waals surface area contributed by atoms with E-state index in [0.717, 1.165) is 65.4 Å². The number of hydrogen-bond acceptors (Lipinski definition) is 5. The van der Waals surface area contributed by atoms with Crippen LogP contribution in [0, 0.1) is 13.8 Å². The second-order valence-electron chi connectivity index (χ2n) is 8.91. The van der Waals surface area contributed by atoms with Crippen molar-refractivity contribution in [1.29, 1.82) is 0 Å². The van der Waals surface area contributed by atoms with Gasteiger partial charge in [0.2, 0.25) is 0 Å². The SMILES string of the molecule is CC[C@@H]1CNCCN1c1ccc2[nH]c(-c3cn4ncnc4c(C)c3C)c(C(C)C)c2n1. The monoisotopic (exact) mass is 417 g/mol. The Balaban J connectivity index is 1.70. The molecule has 4 aromatic heterocycles. The van der Waals surface area contributed by atoms with Crippen LogP contribution in [0.1, 0.15) is 49.8 Å². The van der Waals surface area contributed by atoms with Crippen LogP contribution in [0.3, 0.4) is 0 Å². The third-order valence-corrected chi connectivity index (χ3v) is 6.75. The molecule has 0 spiro atoms. The summed E-state index contributed by atoms with van der Waals surface area (Å²) < 4.78 is 1.87. The molecule has 1 saturated heterocycles. The van der Waals surface area contributed by atoms with Gasteiger partial charge in [0.1, 0.15) is 12.1 Å². The second-order valence-corrected chi connectivity index (χ2v) is 8.91. The fourth-order valence-electron chi connectivity index (χ4n) is 4.89. The fraction of sp³-hybridized carbons (Fsp3) is 0.458. The summed E-state index contributed by atoms with van der Waals surface area (Å²) in [6.07, 6.45) is 4.82. The lowest BCUT2D eigenvalue weighted by atomic mass is 9.95. The third kappa shape index (κ3) is 3.19. The first-order chi connectivity index (χ1) is 15.0. The van der Waals surface area contributed by atoms with Crippen molar-refractivity contribution in [2.75, 3.05) is 24.5 Å². The standard InChI is InChI=1S/C24H31N7/c1-6-17-11-25-9-10-30(17)20-8-7-19-23(29-20)21(14(2)3)22(28-19)18-12-31-24(26-13-27-31)16(5)15(18)4/h7-8,12-14,17,25,28H,6,9-11H2,1-5H3/t17-/m1/s1. The molecule has 0 aliphatic carbocycles. The molecule has 2 N–H and O–H groups in total. The molecule has 0 bridgehead atoms. The maximum atomic E-state index is 5.20. The molecule has 1 fully saturated rings. The molecule has 0 aromatic carbocycles. The highest BCUT2D eigenvalue weighted by atomic mass is 15.3. The zero-order valence-electron chi connectivity index (χ0n) is 19.0. The van der Waals surface area contributed by atoms with Gasteiger partial charge in [-0.15, -0.1) is 0 Å². The van der Waals surface area contributed by atoms with Crippen LogP contribution in [-0.4, -0.2) is 50.2 Å². The number of hydrogen-bond donors (Lipinski definition) is 2. The van der Waals surface area contributed by atoms with Crippen molar-refractivity contribution in [3.8, 4) is 11.3 Å². The van der Waals surface area contributed by atoms with Gasteiger partial charge in [0.25, 0.3) is 0 Å². The largest absolute Gasteiger partial charge is 0.353 e.